The van der Waals surface area contributed by atoms with E-state index in [2.05, 4.69) is 85.4 Å². The highest BCUT2D eigenvalue weighted by Crippen LogP contribution is 2.26. The Hall–Kier alpha value is -10.8. The lowest BCUT2D eigenvalue weighted by atomic mass is 10.0. The molecule has 0 saturated carbocycles. The van der Waals surface area contributed by atoms with Crippen LogP contribution in [-0.2, 0) is 9.47 Å². The summed E-state index contributed by atoms with van der Waals surface area (Å²) < 4.78 is 15.5. The molecule has 1 unspecified atom stereocenters. The third-order valence-corrected chi connectivity index (χ3v) is 15.3. The van der Waals surface area contributed by atoms with Gasteiger partial charge in [-0.15, -0.1) is 0 Å². The zero-order valence-electron chi connectivity index (χ0n) is 63.8. The van der Waals surface area contributed by atoms with Gasteiger partial charge in [0.1, 0.15) is 24.4 Å². The van der Waals surface area contributed by atoms with Crippen molar-refractivity contribution in [3.05, 3.63) is 277 Å². The number of ketones is 1. The third-order valence-electron chi connectivity index (χ3n) is 15.3. The molecule has 0 radical (unpaired) electrons. The van der Waals surface area contributed by atoms with Gasteiger partial charge in [0, 0.05) is 199 Å². The van der Waals surface area contributed by atoms with Crippen molar-refractivity contribution in [2.24, 2.45) is 0 Å². The van der Waals surface area contributed by atoms with Gasteiger partial charge in [0.25, 0.3) is 0 Å². The highest BCUT2D eigenvalue weighted by atomic mass is 16.6. The fourth-order valence-electron chi connectivity index (χ4n) is 9.09. The van der Waals surface area contributed by atoms with Crippen LogP contribution in [0, 0.1) is 0 Å². The number of ether oxygens (including phenoxy) is 3. The van der Waals surface area contributed by atoms with Crippen LogP contribution in [0.15, 0.2) is 249 Å². The standard InChI is InChI=1S/C15H23NO3.C15H15NO.C12H13N.C10H15NO.C9H13NO.C9H11NO.C8H11NO.C8H11N/c1-4-5-10-18-11-12-19-15(17)13-6-8-14(9-7-13)16(2)3;1-16(2)14-10-8-13(9-11-14)15(17)12-6-4-3-5-7-12;1-13(2)12-9-5-7-10-6-3-4-8-11(10)12;1-8(12)9-5-4-6-10(7-9)11(2)3;1-10(2)8-5-4-6-9(7-8)11-3;1-10(2)9-5-3-8(7-11)4-6-9;1-9(2)7-4-3-5-8(10)6-7;1-9(2)8-6-4-3-5-7-8/h6-9H,4-5,10-12H2,1-3H3;3-11H,1-2H3;3-9H,1-2H3;4-8,12H,1-3H3;4-7H,1-3H3;3-7H,1-2H3;3-6,10H,1-2H3;3-7H,1-2H3. The molecule has 0 saturated heterocycles. The SMILES string of the molecule is CC(O)c1cccc(N(C)C)c1.CCCCOCCOC(=O)c1ccc(N(C)C)cc1.CN(C)c1ccc(C(=O)c2ccccc2)cc1.CN(C)c1ccc(C=O)cc1.CN(C)c1cccc(O)c1.CN(C)c1cccc2ccccc12.CN(C)c1ccccc1.COc1cccc(N(C)C)c1. The number of esters is 1. The predicted octanol–water partition coefficient (Wildman–Crippen LogP) is 17.0. The van der Waals surface area contributed by atoms with Crippen molar-refractivity contribution in [3.8, 4) is 11.5 Å². The maximum atomic E-state index is 12.1. The molecule has 0 spiro atoms. The number of methoxy groups -OCH3 is 1. The quantitative estimate of drug-likeness (QED) is 0.0323. The topological polar surface area (TPSA) is 145 Å². The molecule has 102 heavy (non-hydrogen) atoms. The third kappa shape index (κ3) is 32.5. The summed E-state index contributed by atoms with van der Waals surface area (Å²) in [5.74, 6) is 0.975. The zero-order valence-corrected chi connectivity index (χ0v) is 63.8. The normalized spacial score (nSPS) is 10.1. The number of carbonyl (C=O) groups excluding carboxylic acids is 3. The van der Waals surface area contributed by atoms with Crippen molar-refractivity contribution >= 4 is 74.3 Å². The maximum Gasteiger partial charge on any atom is 0.338 e. The van der Waals surface area contributed by atoms with Gasteiger partial charge in [-0.3, -0.25) is 9.59 Å². The van der Waals surface area contributed by atoms with Gasteiger partial charge < -0.3 is 63.6 Å². The molecule has 0 aliphatic rings. The molecule has 10 rings (SSSR count). The number of fused-ring (bicyclic) bond motifs is 1. The lowest BCUT2D eigenvalue weighted by molar-refractivity contribution is 0.0313. The first-order valence-electron chi connectivity index (χ1n) is 33.9. The summed E-state index contributed by atoms with van der Waals surface area (Å²) in [5, 5.41) is 21.0. The summed E-state index contributed by atoms with van der Waals surface area (Å²) in [5.41, 5.74) is 12.8. The van der Waals surface area contributed by atoms with E-state index in [9.17, 15) is 19.5 Å². The van der Waals surface area contributed by atoms with E-state index in [1.807, 2.05) is 298 Å². The molecule has 1 atom stereocenters. The fourth-order valence-corrected chi connectivity index (χ4v) is 9.09. The first kappa shape index (κ1) is 85.4. The van der Waals surface area contributed by atoms with Crippen LogP contribution in [0.3, 0.4) is 0 Å². The molecule has 2 N–H and O–H groups in total. The summed E-state index contributed by atoms with van der Waals surface area (Å²) in [7, 11) is 33.6. The molecule has 10 aromatic carbocycles. The molecule has 0 fully saturated rings. The minimum absolute atomic E-state index is 0.0657. The molecule has 0 aliphatic heterocycles. The Morgan fingerprint density at radius 3 is 1.28 bits per heavy atom. The number of aliphatic hydroxyl groups excluding tert-OH is 1. The summed E-state index contributed by atoms with van der Waals surface area (Å²) in [6, 6.07) is 79.9. The number of aliphatic hydroxyl groups is 1. The monoisotopic (exact) mass is 1380 g/mol. The Labute approximate surface area is 609 Å². The highest BCUT2D eigenvalue weighted by molar-refractivity contribution is 6.09. The first-order valence-corrected chi connectivity index (χ1v) is 33.9. The molecule has 0 aromatic heterocycles. The van der Waals surface area contributed by atoms with Crippen LogP contribution in [0.5, 0.6) is 11.5 Å². The summed E-state index contributed by atoms with van der Waals surface area (Å²) in [6.45, 7) is 5.38. The van der Waals surface area contributed by atoms with Crippen LogP contribution in [0.4, 0.5) is 45.5 Å². The van der Waals surface area contributed by atoms with Gasteiger partial charge in [-0.1, -0.05) is 123 Å². The van der Waals surface area contributed by atoms with Gasteiger partial charge in [-0.25, -0.2) is 4.79 Å². The molecule has 16 nitrogen and oxygen atoms in total. The smallest absolute Gasteiger partial charge is 0.338 e. The Morgan fingerprint density at radius 1 is 0.412 bits per heavy atom. The number of phenolic OH excluding ortho intramolecular Hbond substituents is 1. The van der Waals surface area contributed by atoms with Gasteiger partial charge >= 0.3 is 5.97 Å². The Bertz CT molecular complexity index is 3890. The Balaban J connectivity index is 0.000000306. The van der Waals surface area contributed by atoms with E-state index in [0.717, 1.165) is 87.9 Å². The van der Waals surface area contributed by atoms with Crippen LogP contribution in [-0.4, -0.2) is 168 Å². The van der Waals surface area contributed by atoms with Crippen molar-refractivity contribution in [3.63, 3.8) is 0 Å². The van der Waals surface area contributed by atoms with Crippen molar-refractivity contribution in [1.82, 2.24) is 0 Å². The summed E-state index contributed by atoms with van der Waals surface area (Å²) >= 11 is 0. The van der Waals surface area contributed by atoms with Crippen molar-refractivity contribution in [1.29, 1.82) is 0 Å². The number of phenols is 1. The second-order valence-corrected chi connectivity index (χ2v) is 25.1. The van der Waals surface area contributed by atoms with Crippen LogP contribution in [0.2, 0.25) is 0 Å². The van der Waals surface area contributed by atoms with E-state index in [-0.39, 0.29) is 17.9 Å². The molecule has 0 aliphatic carbocycles. The van der Waals surface area contributed by atoms with Crippen LogP contribution in [0.1, 0.15) is 75.0 Å². The van der Waals surface area contributed by atoms with Gasteiger partial charge in [0.15, 0.2) is 5.78 Å². The van der Waals surface area contributed by atoms with E-state index in [1.165, 1.54) is 22.1 Å². The number of aldehydes is 1. The number of hydrogen-bond donors (Lipinski definition) is 2. The number of benzene rings is 10. The second-order valence-electron chi connectivity index (χ2n) is 25.1. The molecule has 0 bridgehead atoms. The average molecular weight is 1390 g/mol. The molecule has 0 heterocycles. The van der Waals surface area contributed by atoms with E-state index in [4.69, 9.17) is 19.3 Å². The fraction of sp³-hybridized carbons (Fsp3) is 0.291. The maximum absolute atomic E-state index is 12.1. The number of anilines is 8. The first-order chi connectivity index (χ1) is 48.7. The molecular weight excluding hydrogens is 1270 g/mol. The number of rotatable bonds is 20. The number of aromatic hydroxyl groups is 1. The van der Waals surface area contributed by atoms with Gasteiger partial charge in [-0.05, 0) is 152 Å². The van der Waals surface area contributed by atoms with Crippen molar-refractivity contribution < 1.29 is 38.8 Å². The minimum atomic E-state index is -0.384. The summed E-state index contributed by atoms with van der Waals surface area (Å²) in [6.07, 6.45) is 2.61. The highest BCUT2D eigenvalue weighted by Gasteiger charge is 2.10. The minimum Gasteiger partial charge on any atom is -0.508 e. The summed E-state index contributed by atoms with van der Waals surface area (Å²) in [4.78, 5) is 50.3. The predicted molar refractivity (Wildman–Crippen MR) is 434 cm³/mol. The zero-order chi connectivity index (χ0) is 75.5. The lowest BCUT2D eigenvalue weighted by Crippen LogP contribution is -2.12. The van der Waals surface area contributed by atoms with Crippen LogP contribution < -0.4 is 43.9 Å². The van der Waals surface area contributed by atoms with E-state index < -0.39 is 0 Å². The molecule has 0 amide bonds. The van der Waals surface area contributed by atoms with Gasteiger partial charge in [0.2, 0.25) is 0 Å². The average Bonchev–Trinajstić information content (AvgIpc) is 0.813. The number of hydrogen-bond acceptors (Lipinski definition) is 16. The number of nitrogens with zero attached hydrogens (tertiary/aromatic N) is 8. The van der Waals surface area contributed by atoms with E-state index in [0.29, 0.717) is 24.5 Å². The molecule has 10 aromatic rings. The van der Waals surface area contributed by atoms with Gasteiger partial charge in [0.05, 0.1) is 25.4 Å². The van der Waals surface area contributed by atoms with Crippen LogP contribution >= 0.6 is 0 Å². The van der Waals surface area contributed by atoms with E-state index in [1.54, 1.807) is 38.3 Å². The van der Waals surface area contributed by atoms with Crippen molar-refractivity contribution in [2.45, 2.75) is 32.8 Å². The molecular formula is C86H112N8O8. The molecule has 544 valence electrons. The van der Waals surface area contributed by atoms with Gasteiger partial charge in [-0.2, -0.15) is 0 Å². The largest absolute Gasteiger partial charge is 0.508 e. The van der Waals surface area contributed by atoms with Crippen molar-refractivity contribution in [2.75, 3.05) is 179 Å². The number of carbonyl (C=O) groups is 3. The molecule has 16 heteroatoms. The second kappa shape index (κ2) is 47.3. The number of unbranched alkanes of at least 4 members (excludes halogenated alkanes) is 1. The Morgan fingerprint density at radius 2 is 0.824 bits per heavy atom. The van der Waals surface area contributed by atoms with E-state index >= 15 is 0 Å². The number of para-hydroxylation sites is 1. The lowest BCUT2D eigenvalue weighted by Gasteiger charge is -2.14. The van der Waals surface area contributed by atoms with Crippen LogP contribution in [0.25, 0.3) is 10.8 Å². The Kier molecular flexibility index (Phi) is 39.6.